The molecule has 3 aliphatic rings. The Morgan fingerprint density at radius 3 is 2.53 bits per heavy atom. The van der Waals surface area contributed by atoms with Gasteiger partial charge >= 0.3 is 5.97 Å². The fourth-order valence-electron chi connectivity index (χ4n) is 6.95. The zero-order valence-electron chi connectivity index (χ0n) is 26.6. The predicted octanol–water partition coefficient (Wildman–Crippen LogP) is 5.98. The quantitative estimate of drug-likeness (QED) is 0.328. The maximum absolute atomic E-state index is 13.8. The summed E-state index contributed by atoms with van der Waals surface area (Å²) in [6.07, 6.45) is 13.2. The molecule has 3 heterocycles. The second-order valence-electron chi connectivity index (χ2n) is 13.2. The van der Waals surface area contributed by atoms with Crippen molar-refractivity contribution < 1.29 is 29.3 Å². The van der Waals surface area contributed by atoms with Gasteiger partial charge in [0.1, 0.15) is 12.1 Å². The molecule has 238 valence electrons. The summed E-state index contributed by atoms with van der Waals surface area (Å²) in [5, 5.41) is 22.9. The van der Waals surface area contributed by atoms with E-state index in [0.29, 0.717) is 38.6 Å². The predicted molar refractivity (Wildman–Crippen MR) is 168 cm³/mol. The summed E-state index contributed by atoms with van der Waals surface area (Å²) in [5.41, 5.74) is 1.19. The summed E-state index contributed by atoms with van der Waals surface area (Å²) in [7, 11) is 0. The van der Waals surface area contributed by atoms with Crippen LogP contribution in [0.5, 0.6) is 0 Å². The number of allylic oxidation sites excluding steroid dienone is 3. The van der Waals surface area contributed by atoms with Crippen LogP contribution in [0.3, 0.4) is 0 Å². The lowest BCUT2D eigenvalue weighted by atomic mass is 9.80. The van der Waals surface area contributed by atoms with Crippen molar-refractivity contribution in [3.63, 3.8) is 0 Å². The minimum absolute atomic E-state index is 0.00754. The summed E-state index contributed by atoms with van der Waals surface area (Å²) < 4.78 is 12.5. The van der Waals surface area contributed by atoms with Crippen LogP contribution in [0.4, 0.5) is 0 Å². The lowest BCUT2D eigenvalue weighted by molar-refractivity contribution is -0.293. The van der Waals surface area contributed by atoms with E-state index in [9.17, 15) is 19.8 Å². The zero-order chi connectivity index (χ0) is 31.0. The van der Waals surface area contributed by atoms with E-state index in [4.69, 9.17) is 9.47 Å². The number of aliphatic hydroxyl groups is 2. The van der Waals surface area contributed by atoms with Gasteiger partial charge in [-0.05, 0) is 75.3 Å². The van der Waals surface area contributed by atoms with Crippen molar-refractivity contribution in [1.82, 2.24) is 4.90 Å². The van der Waals surface area contributed by atoms with Crippen molar-refractivity contribution in [2.75, 3.05) is 6.54 Å². The molecule has 4 rings (SSSR count). The summed E-state index contributed by atoms with van der Waals surface area (Å²) in [6, 6.07) is 9.56. The number of carbonyl (C=O) groups is 2. The Kier molecular flexibility index (Phi) is 12.0. The smallest absolute Gasteiger partial charge is 0.329 e. The fourth-order valence-corrected chi connectivity index (χ4v) is 6.95. The topological polar surface area (TPSA) is 96.3 Å². The number of rotatable bonds is 4. The molecule has 2 fully saturated rings. The fraction of sp³-hybridized carbons (Fsp3) is 0.667. The Bertz CT molecular complexity index is 1100. The number of aliphatic hydroxyl groups excluding tert-OH is 1. The average Bonchev–Trinajstić information content (AvgIpc) is 3.01. The first-order valence-electron chi connectivity index (χ1n) is 16.6. The summed E-state index contributed by atoms with van der Waals surface area (Å²) in [6.45, 7) is 8.48. The summed E-state index contributed by atoms with van der Waals surface area (Å²) in [4.78, 5) is 29.2. The first-order chi connectivity index (χ1) is 20.6. The highest BCUT2D eigenvalue weighted by Crippen LogP contribution is 2.39. The van der Waals surface area contributed by atoms with Crippen LogP contribution in [-0.4, -0.2) is 63.7 Å². The molecule has 3 aliphatic heterocycles. The van der Waals surface area contributed by atoms with Gasteiger partial charge in [-0.1, -0.05) is 76.3 Å². The van der Waals surface area contributed by atoms with E-state index < -0.39 is 24.0 Å². The Balaban J connectivity index is 1.62. The molecule has 0 saturated carbocycles. The van der Waals surface area contributed by atoms with E-state index in [0.717, 1.165) is 25.7 Å². The molecule has 2 saturated heterocycles. The number of hydrogen-bond acceptors (Lipinski definition) is 6. The molecular formula is C36H53NO6. The largest absolute Gasteiger partial charge is 0.456 e. The molecule has 7 nitrogen and oxygen atoms in total. The van der Waals surface area contributed by atoms with Gasteiger partial charge in [-0.15, -0.1) is 0 Å². The van der Waals surface area contributed by atoms with Crippen LogP contribution < -0.4 is 0 Å². The van der Waals surface area contributed by atoms with Gasteiger partial charge in [-0.3, -0.25) is 4.79 Å². The number of amides is 1. The Labute approximate surface area is 258 Å². The average molecular weight is 596 g/mol. The van der Waals surface area contributed by atoms with Crippen molar-refractivity contribution in [3.8, 4) is 0 Å². The molecule has 7 heteroatoms. The van der Waals surface area contributed by atoms with Gasteiger partial charge in [-0.2, -0.15) is 0 Å². The second-order valence-corrected chi connectivity index (χ2v) is 13.2. The van der Waals surface area contributed by atoms with Gasteiger partial charge in [0.15, 0.2) is 5.79 Å². The number of hydrogen-bond donors (Lipinski definition) is 2. The number of piperidine rings is 1. The highest BCUT2D eigenvalue weighted by Gasteiger charge is 2.47. The number of esters is 1. The second kappa shape index (κ2) is 15.5. The summed E-state index contributed by atoms with van der Waals surface area (Å²) >= 11 is 0. The molecule has 1 amide bonds. The van der Waals surface area contributed by atoms with E-state index in [1.165, 1.54) is 5.56 Å². The van der Waals surface area contributed by atoms with Gasteiger partial charge in [0.25, 0.3) is 0 Å². The van der Waals surface area contributed by atoms with Crippen LogP contribution in [0.1, 0.15) is 91.0 Å². The van der Waals surface area contributed by atoms with Crippen LogP contribution in [0.15, 0.2) is 54.6 Å². The number of fused-ring (bicyclic) bond motifs is 3. The first-order valence-corrected chi connectivity index (χ1v) is 16.6. The van der Waals surface area contributed by atoms with Gasteiger partial charge in [0.2, 0.25) is 5.91 Å². The van der Waals surface area contributed by atoms with Crippen molar-refractivity contribution in [1.29, 1.82) is 0 Å². The van der Waals surface area contributed by atoms with Crippen molar-refractivity contribution >= 4 is 11.9 Å². The van der Waals surface area contributed by atoms with Crippen LogP contribution in [0, 0.1) is 23.7 Å². The number of cyclic esters (lactones) is 1. The van der Waals surface area contributed by atoms with Gasteiger partial charge in [-0.25, -0.2) is 4.79 Å². The SMILES string of the molecule is CCC(Cc1ccccc1)C1/C=C\C/C=C\CC(C)C(O)C(C)C2CCC(C)C(O)(CC(=O)N3CCCCC3C(=O)O1)O2. The van der Waals surface area contributed by atoms with Crippen molar-refractivity contribution in [2.24, 2.45) is 23.7 Å². The van der Waals surface area contributed by atoms with Gasteiger partial charge in [0, 0.05) is 24.3 Å². The Morgan fingerprint density at radius 2 is 1.79 bits per heavy atom. The molecule has 2 N–H and O–H groups in total. The number of ether oxygens (including phenoxy) is 2. The third kappa shape index (κ3) is 8.58. The molecule has 1 aromatic rings. The molecule has 43 heavy (non-hydrogen) atoms. The van der Waals surface area contributed by atoms with Crippen molar-refractivity contribution in [3.05, 3.63) is 60.2 Å². The van der Waals surface area contributed by atoms with Crippen LogP contribution in [0.2, 0.25) is 0 Å². The molecule has 2 bridgehead atoms. The summed E-state index contributed by atoms with van der Waals surface area (Å²) in [5.74, 6) is -2.68. The molecule has 0 aromatic heterocycles. The highest BCUT2D eigenvalue weighted by atomic mass is 16.6. The number of carbonyl (C=O) groups excluding carboxylic acids is 2. The van der Waals surface area contributed by atoms with Crippen LogP contribution in [0.25, 0.3) is 0 Å². The minimum Gasteiger partial charge on any atom is -0.456 e. The molecule has 9 unspecified atom stereocenters. The van der Waals surface area contributed by atoms with Crippen molar-refractivity contribution in [2.45, 2.75) is 122 Å². The van der Waals surface area contributed by atoms with E-state index in [2.05, 4.69) is 37.3 Å². The van der Waals surface area contributed by atoms with E-state index in [1.54, 1.807) is 4.90 Å². The molecule has 9 atom stereocenters. The third-order valence-corrected chi connectivity index (χ3v) is 10.1. The standard InChI is InChI=1S/C36H53NO6/c1-5-29(23-28-16-10-8-11-17-28)32-19-12-7-6-9-15-25(2)34(39)27(4)31-21-20-26(3)36(41,43-31)24-33(38)37-22-14-13-18-30(37)35(40)42-32/h6,8-12,16-17,19,25-27,29-32,34,39,41H,5,7,13-15,18,20-24H2,1-4H3/b9-6-,19-12-. The van der Waals surface area contributed by atoms with Crippen LogP contribution in [-0.2, 0) is 25.5 Å². The molecule has 0 radical (unpaired) electrons. The molecule has 1 aromatic carbocycles. The number of nitrogens with zero attached hydrogens (tertiary/aromatic N) is 1. The van der Waals surface area contributed by atoms with E-state index >= 15 is 0 Å². The lowest BCUT2D eigenvalue weighted by Crippen LogP contribution is -2.55. The molecular weight excluding hydrogens is 542 g/mol. The number of benzene rings is 1. The Morgan fingerprint density at radius 1 is 1.02 bits per heavy atom. The van der Waals surface area contributed by atoms with Gasteiger partial charge < -0.3 is 24.6 Å². The lowest BCUT2D eigenvalue weighted by Gasteiger charge is -2.46. The maximum Gasteiger partial charge on any atom is 0.329 e. The van der Waals surface area contributed by atoms with Crippen LogP contribution >= 0.6 is 0 Å². The first kappa shape index (κ1) is 33.4. The monoisotopic (exact) mass is 595 g/mol. The zero-order valence-corrected chi connectivity index (χ0v) is 26.6. The Hall–Kier alpha value is -2.48. The van der Waals surface area contributed by atoms with E-state index in [1.807, 2.05) is 45.0 Å². The van der Waals surface area contributed by atoms with E-state index in [-0.39, 0.29) is 48.1 Å². The normalized spacial score (nSPS) is 37.2. The molecule has 0 spiro atoms. The molecule has 0 aliphatic carbocycles. The maximum atomic E-state index is 13.8. The minimum atomic E-state index is -1.65. The third-order valence-electron chi connectivity index (χ3n) is 10.1. The van der Waals surface area contributed by atoms with Gasteiger partial charge in [0.05, 0.1) is 18.6 Å². The highest BCUT2D eigenvalue weighted by molar-refractivity contribution is 5.85.